The van der Waals surface area contributed by atoms with Gasteiger partial charge in [0.05, 0.1) is 13.0 Å². The second-order valence-corrected chi connectivity index (χ2v) is 7.03. The molecule has 1 aromatic heterocycles. The molecule has 2 rings (SSSR count). The van der Waals surface area contributed by atoms with Gasteiger partial charge in [-0.1, -0.05) is 6.07 Å². The number of pyridine rings is 1. The molecule has 3 N–H and O–H groups in total. The van der Waals surface area contributed by atoms with Crippen molar-refractivity contribution in [1.29, 1.82) is 0 Å². The van der Waals surface area contributed by atoms with Crippen molar-refractivity contribution < 1.29 is 28.2 Å². The molecule has 0 fully saturated rings. The number of carbonyl (C=O) groups is 2. The topological polar surface area (TPSA) is 113 Å². The lowest BCUT2D eigenvalue weighted by Gasteiger charge is -2.19. The number of benzene rings is 1. The number of halogens is 1. The summed E-state index contributed by atoms with van der Waals surface area (Å²) in [6, 6.07) is 5.51. The molecule has 0 unspecified atom stereocenters. The summed E-state index contributed by atoms with van der Waals surface area (Å²) in [5.74, 6) is -0.849. The van der Waals surface area contributed by atoms with E-state index in [0.717, 1.165) is 6.07 Å². The summed E-state index contributed by atoms with van der Waals surface area (Å²) in [5.41, 5.74) is 5.41. The van der Waals surface area contributed by atoms with E-state index >= 15 is 0 Å². The monoisotopic (exact) mass is 405 g/mol. The van der Waals surface area contributed by atoms with Crippen LogP contribution in [-0.2, 0) is 20.7 Å². The first-order valence-electron chi connectivity index (χ1n) is 8.95. The predicted octanol–water partition coefficient (Wildman–Crippen LogP) is 4.05. The molecule has 0 saturated heterocycles. The number of ether oxygens (including phenoxy) is 3. The smallest absolute Gasteiger partial charge is 0.411 e. The van der Waals surface area contributed by atoms with Crippen LogP contribution in [0.15, 0.2) is 30.5 Å². The Morgan fingerprint density at radius 2 is 1.97 bits per heavy atom. The second kappa shape index (κ2) is 9.22. The molecule has 8 nitrogen and oxygen atoms in total. The molecule has 156 valence electrons. The van der Waals surface area contributed by atoms with Crippen LogP contribution >= 0.6 is 0 Å². The summed E-state index contributed by atoms with van der Waals surface area (Å²) in [6.45, 7) is 7.04. The second-order valence-electron chi connectivity index (χ2n) is 7.03. The van der Waals surface area contributed by atoms with Crippen LogP contribution in [0.1, 0.15) is 33.3 Å². The van der Waals surface area contributed by atoms with Crippen molar-refractivity contribution in [2.45, 2.75) is 39.7 Å². The maximum atomic E-state index is 14.4. The molecule has 0 atom stereocenters. The van der Waals surface area contributed by atoms with E-state index in [9.17, 15) is 14.0 Å². The maximum absolute atomic E-state index is 14.4. The first kappa shape index (κ1) is 21.9. The van der Waals surface area contributed by atoms with Gasteiger partial charge in [0.1, 0.15) is 22.9 Å². The van der Waals surface area contributed by atoms with Crippen molar-refractivity contribution >= 4 is 23.6 Å². The van der Waals surface area contributed by atoms with Crippen LogP contribution in [0.4, 0.5) is 20.7 Å². The normalized spacial score (nSPS) is 10.9. The Bertz CT molecular complexity index is 896. The molecule has 1 amide bonds. The fraction of sp³-hybridized carbons (Fsp3) is 0.350. The van der Waals surface area contributed by atoms with Crippen LogP contribution in [0, 0.1) is 5.82 Å². The molecular weight excluding hydrogens is 381 g/mol. The number of anilines is 2. The summed E-state index contributed by atoms with van der Waals surface area (Å²) in [6.07, 6.45) is 0.450. The van der Waals surface area contributed by atoms with Gasteiger partial charge < -0.3 is 19.9 Å². The summed E-state index contributed by atoms with van der Waals surface area (Å²) in [7, 11) is 0. The number of nitrogen functional groups attached to an aromatic ring is 1. The van der Waals surface area contributed by atoms with E-state index in [1.807, 2.05) is 0 Å². The minimum Gasteiger partial charge on any atom is -0.460 e. The number of aromatic nitrogens is 1. The molecule has 0 aliphatic rings. The van der Waals surface area contributed by atoms with Gasteiger partial charge in [0, 0.05) is 18.3 Å². The number of nitrogens with two attached hydrogens (primary N) is 1. The summed E-state index contributed by atoms with van der Waals surface area (Å²) >= 11 is 0. The first-order valence-corrected chi connectivity index (χ1v) is 8.95. The van der Waals surface area contributed by atoms with Crippen molar-refractivity contribution in [2.24, 2.45) is 0 Å². The molecule has 2 aromatic rings. The highest BCUT2D eigenvalue weighted by Gasteiger charge is 2.19. The fourth-order valence-electron chi connectivity index (χ4n) is 2.33. The lowest BCUT2D eigenvalue weighted by molar-refractivity contribution is -0.153. The predicted molar refractivity (Wildman–Crippen MR) is 105 cm³/mol. The van der Waals surface area contributed by atoms with E-state index in [-0.39, 0.29) is 41.6 Å². The van der Waals surface area contributed by atoms with Gasteiger partial charge >= 0.3 is 12.1 Å². The van der Waals surface area contributed by atoms with E-state index in [2.05, 4.69) is 10.3 Å². The number of rotatable bonds is 6. The summed E-state index contributed by atoms with van der Waals surface area (Å²) < 4.78 is 30.1. The van der Waals surface area contributed by atoms with Gasteiger partial charge in [0.15, 0.2) is 11.6 Å². The van der Waals surface area contributed by atoms with Gasteiger partial charge in [-0.25, -0.2) is 14.2 Å². The molecule has 0 aliphatic carbocycles. The van der Waals surface area contributed by atoms with Gasteiger partial charge in [-0.2, -0.15) is 0 Å². The fourth-order valence-corrected chi connectivity index (χ4v) is 2.33. The van der Waals surface area contributed by atoms with Crippen molar-refractivity contribution in [2.75, 3.05) is 17.7 Å². The molecule has 0 radical (unpaired) electrons. The van der Waals surface area contributed by atoms with Crippen LogP contribution in [0.5, 0.6) is 11.5 Å². The van der Waals surface area contributed by atoms with E-state index < -0.39 is 23.5 Å². The Morgan fingerprint density at radius 1 is 1.24 bits per heavy atom. The number of esters is 1. The first-order chi connectivity index (χ1) is 13.6. The SMILES string of the molecule is CCOC(=O)Nc1c(Oc2ccc(CC(=O)OC(C)(C)C)c(F)c2)ccnc1N. The molecule has 0 aliphatic heterocycles. The molecule has 0 saturated carbocycles. The van der Waals surface area contributed by atoms with E-state index in [1.54, 1.807) is 27.7 Å². The third kappa shape index (κ3) is 6.63. The number of carbonyl (C=O) groups excluding carboxylic acids is 2. The van der Waals surface area contributed by atoms with Crippen LogP contribution in [0.25, 0.3) is 0 Å². The maximum Gasteiger partial charge on any atom is 0.411 e. The van der Waals surface area contributed by atoms with Crippen molar-refractivity contribution in [3.8, 4) is 11.5 Å². The average Bonchev–Trinajstić information content (AvgIpc) is 2.59. The van der Waals surface area contributed by atoms with Crippen LogP contribution in [-0.4, -0.2) is 29.3 Å². The van der Waals surface area contributed by atoms with Gasteiger partial charge in [-0.15, -0.1) is 0 Å². The molecule has 29 heavy (non-hydrogen) atoms. The third-order valence-corrected chi connectivity index (χ3v) is 3.45. The highest BCUT2D eigenvalue weighted by Crippen LogP contribution is 2.33. The Hall–Kier alpha value is -3.36. The number of amides is 1. The summed E-state index contributed by atoms with van der Waals surface area (Å²) in [4.78, 5) is 27.5. The van der Waals surface area contributed by atoms with Crippen molar-refractivity contribution in [3.63, 3.8) is 0 Å². The van der Waals surface area contributed by atoms with E-state index in [1.165, 1.54) is 24.4 Å². The number of nitrogens with one attached hydrogen (secondary N) is 1. The Labute approximate surface area is 168 Å². The zero-order valence-electron chi connectivity index (χ0n) is 16.7. The van der Waals surface area contributed by atoms with Gasteiger partial charge in [0.2, 0.25) is 0 Å². The van der Waals surface area contributed by atoms with E-state index in [4.69, 9.17) is 19.9 Å². The summed E-state index contributed by atoms with van der Waals surface area (Å²) in [5, 5.41) is 2.45. The van der Waals surface area contributed by atoms with Gasteiger partial charge in [-0.3, -0.25) is 10.1 Å². The lowest BCUT2D eigenvalue weighted by Crippen LogP contribution is -2.25. The van der Waals surface area contributed by atoms with Crippen molar-refractivity contribution in [3.05, 3.63) is 41.8 Å². The van der Waals surface area contributed by atoms with Gasteiger partial charge in [-0.05, 0) is 39.3 Å². The van der Waals surface area contributed by atoms with Crippen molar-refractivity contribution in [1.82, 2.24) is 4.98 Å². The minimum atomic E-state index is -0.726. The van der Waals surface area contributed by atoms with Crippen LogP contribution < -0.4 is 15.8 Å². The zero-order chi connectivity index (χ0) is 21.6. The van der Waals surface area contributed by atoms with E-state index in [0.29, 0.717) is 0 Å². The molecule has 0 bridgehead atoms. The van der Waals surface area contributed by atoms with Crippen LogP contribution in [0.2, 0.25) is 0 Å². The number of hydrogen-bond acceptors (Lipinski definition) is 7. The average molecular weight is 405 g/mol. The largest absolute Gasteiger partial charge is 0.460 e. The molecule has 1 aromatic carbocycles. The zero-order valence-corrected chi connectivity index (χ0v) is 16.7. The highest BCUT2D eigenvalue weighted by atomic mass is 19.1. The standard InChI is InChI=1S/C20H24FN3O5/c1-5-27-19(26)24-17-15(8-9-23-18(17)22)28-13-7-6-12(14(21)11-13)10-16(25)29-20(2,3)4/h6-9,11H,5,10H2,1-4H3,(H2,22,23)(H,24,26). The highest BCUT2D eigenvalue weighted by molar-refractivity contribution is 5.90. The minimum absolute atomic E-state index is 0.0116. The third-order valence-electron chi connectivity index (χ3n) is 3.45. The van der Waals surface area contributed by atoms with Crippen LogP contribution in [0.3, 0.4) is 0 Å². The molecule has 1 heterocycles. The Kier molecular flexibility index (Phi) is 6.98. The molecular formula is C20H24FN3O5. The molecule has 0 spiro atoms. The molecule has 9 heteroatoms. The van der Waals surface area contributed by atoms with Gasteiger partial charge in [0.25, 0.3) is 0 Å². The number of nitrogens with zero attached hydrogens (tertiary/aromatic N) is 1. The Morgan fingerprint density at radius 3 is 2.59 bits per heavy atom. The Balaban J connectivity index is 2.17. The number of hydrogen-bond donors (Lipinski definition) is 2. The quantitative estimate of drug-likeness (QED) is 0.697. The lowest BCUT2D eigenvalue weighted by atomic mass is 10.1.